The van der Waals surface area contributed by atoms with E-state index in [1.54, 1.807) is 18.2 Å². The zero-order valence-corrected chi connectivity index (χ0v) is 19.6. The number of thioether (sulfide) groups is 1. The third-order valence-electron chi connectivity index (χ3n) is 4.21. The molecule has 0 radical (unpaired) electrons. The second-order valence-electron chi connectivity index (χ2n) is 6.43. The van der Waals surface area contributed by atoms with E-state index in [2.05, 4.69) is 15.9 Å². The molecule has 30 heavy (non-hydrogen) atoms. The first kappa shape index (κ1) is 22.8. The van der Waals surface area contributed by atoms with E-state index in [-0.39, 0.29) is 18.9 Å². The molecular weight excluding hydrogens is 510 g/mol. The van der Waals surface area contributed by atoms with E-state index >= 15 is 0 Å². The van der Waals surface area contributed by atoms with Gasteiger partial charge in [-0.25, -0.2) is 0 Å². The van der Waals surface area contributed by atoms with E-state index in [1.165, 1.54) is 16.7 Å². The van der Waals surface area contributed by atoms with Crippen LogP contribution in [0.5, 0.6) is 5.75 Å². The lowest BCUT2D eigenvalue weighted by Gasteiger charge is -2.13. The van der Waals surface area contributed by atoms with Gasteiger partial charge in [0.2, 0.25) is 0 Å². The van der Waals surface area contributed by atoms with E-state index in [9.17, 15) is 9.59 Å². The Morgan fingerprint density at radius 3 is 2.70 bits per heavy atom. The Balaban J connectivity index is 1.76. The summed E-state index contributed by atoms with van der Waals surface area (Å²) in [5.41, 5.74) is 1.71. The van der Waals surface area contributed by atoms with Crippen molar-refractivity contribution in [3.63, 3.8) is 0 Å². The lowest BCUT2D eigenvalue weighted by Crippen LogP contribution is -2.29. The molecule has 3 rings (SSSR count). The molecule has 1 heterocycles. The molecule has 0 saturated carbocycles. The van der Waals surface area contributed by atoms with Crippen molar-refractivity contribution in [1.29, 1.82) is 0 Å². The second-order valence-corrected chi connectivity index (χ2v) is 9.46. The van der Waals surface area contributed by atoms with E-state index < -0.39 is 5.97 Å². The van der Waals surface area contributed by atoms with Gasteiger partial charge in [0.15, 0.2) is 0 Å². The molecule has 156 valence electrons. The Labute approximate surface area is 197 Å². The largest absolute Gasteiger partial charge is 0.488 e. The third kappa shape index (κ3) is 6.07. The van der Waals surface area contributed by atoms with Gasteiger partial charge < -0.3 is 9.84 Å². The van der Waals surface area contributed by atoms with Crippen LogP contribution in [-0.4, -0.2) is 32.7 Å². The van der Waals surface area contributed by atoms with Gasteiger partial charge in [0.1, 0.15) is 16.7 Å². The number of ether oxygens (including phenoxy) is 1. The summed E-state index contributed by atoms with van der Waals surface area (Å²) in [5.74, 6) is -0.490. The van der Waals surface area contributed by atoms with Crippen molar-refractivity contribution >= 4 is 73.8 Å². The summed E-state index contributed by atoms with van der Waals surface area (Å²) < 4.78 is 7.25. The van der Waals surface area contributed by atoms with Crippen LogP contribution in [0, 0.1) is 0 Å². The first-order chi connectivity index (χ1) is 14.3. The van der Waals surface area contributed by atoms with E-state index in [4.69, 9.17) is 33.7 Å². The molecule has 2 aromatic rings. The molecule has 1 aliphatic rings. The molecule has 0 aliphatic carbocycles. The Kier molecular flexibility index (Phi) is 7.93. The highest BCUT2D eigenvalue weighted by Gasteiger charge is 2.31. The molecule has 2 aromatic carbocycles. The van der Waals surface area contributed by atoms with Gasteiger partial charge in [0.05, 0.1) is 4.91 Å². The number of carbonyl (C=O) groups excluding carboxylic acids is 1. The molecule has 0 spiro atoms. The summed E-state index contributed by atoms with van der Waals surface area (Å²) >= 11 is 15.9. The average Bonchev–Trinajstić information content (AvgIpc) is 2.96. The van der Waals surface area contributed by atoms with Crippen molar-refractivity contribution < 1.29 is 19.4 Å². The van der Waals surface area contributed by atoms with Crippen molar-refractivity contribution in [2.75, 3.05) is 6.54 Å². The number of hydrogen-bond donors (Lipinski definition) is 1. The number of hydrogen-bond acceptors (Lipinski definition) is 5. The van der Waals surface area contributed by atoms with Crippen molar-refractivity contribution in [2.45, 2.75) is 19.4 Å². The van der Waals surface area contributed by atoms with Gasteiger partial charge in [-0.15, -0.1) is 0 Å². The number of amides is 1. The minimum atomic E-state index is -0.896. The summed E-state index contributed by atoms with van der Waals surface area (Å²) in [6.07, 6.45) is 2.09. The van der Waals surface area contributed by atoms with Crippen LogP contribution in [0.3, 0.4) is 0 Å². The van der Waals surface area contributed by atoms with Crippen LogP contribution in [0.2, 0.25) is 5.02 Å². The Hall–Kier alpha value is -1.87. The van der Waals surface area contributed by atoms with Gasteiger partial charge in [0, 0.05) is 28.0 Å². The van der Waals surface area contributed by atoms with Gasteiger partial charge in [-0.05, 0) is 48.4 Å². The number of carbonyl (C=O) groups is 2. The molecule has 1 saturated heterocycles. The Morgan fingerprint density at radius 2 is 2.00 bits per heavy atom. The molecule has 0 unspecified atom stereocenters. The third-order valence-corrected chi connectivity index (χ3v) is 6.33. The quantitative estimate of drug-likeness (QED) is 0.349. The van der Waals surface area contributed by atoms with Gasteiger partial charge in [0.25, 0.3) is 5.91 Å². The number of thiocarbonyl (C=S) groups is 1. The lowest BCUT2D eigenvalue weighted by molar-refractivity contribution is -0.137. The molecule has 1 amide bonds. The van der Waals surface area contributed by atoms with Crippen molar-refractivity contribution in [3.05, 3.63) is 68.0 Å². The number of benzene rings is 2. The second kappa shape index (κ2) is 10.4. The fourth-order valence-corrected chi connectivity index (χ4v) is 4.53. The standard InChI is InChI=1S/C21H17BrClNO4S2/c22-15-5-8-17(28-12-13-3-6-16(23)7-4-13)14(10-15)11-18-20(27)24(21(29)30-18)9-1-2-19(25)26/h3-8,10-11H,1-2,9,12H2,(H,25,26)/b18-11+. The lowest BCUT2D eigenvalue weighted by atomic mass is 10.1. The molecule has 1 aliphatic heterocycles. The highest BCUT2D eigenvalue weighted by molar-refractivity contribution is 9.10. The highest BCUT2D eigenvalue weighted by Crippen LogP contribution is 2.35. The Morgan fingerprint density at radius 1 is 1.27 bits per heavy atom. The molecular formula is C21H17BrClNO4S2. The zero-order chi connectivity index (χ0) is 21.7. The van der Waals surface area contributed by atoms with E-state index in [1.807, 2.05) is 30.3 Å². The monoisotopic (exact) mass is 525 g/mol. The molecule has 9 heteroatoms. The van der Waals surface area contributed by atoms with Crippen LogP contribution >= 0.6 is 51.5 Å². The number of rotatable bonds is 8. The topological polar surface area (TPSA) is 66.8 Å². The minimum Gasteiger partial charge on any atom is -0.488 e. The predicted molar refractivity (Wildman–Crippen MR) is 127 cm³/mol. The fraction of sp³-hybridized carbons (Fsp3) is 0.190. The number of nitrogens with zero attached hydrogens (tertiary/aromatic N) is 1. The highest BCUT2D eigenvalue weighted by atomic mass is 79.9. The summed E-state index contributed by atoms with van der Waals surface area (Å²) in [6.45, 7) is 0.641. The fourth-order valence-electron chi connectivity index (χ4n) is 2.73. The van der Waals surface area contributed by atoms with Gasteiger partial charge >= 0.3 is 5.97 Å². The number of carboxylic acids is 1. The average molecular weight is 527 g/mol. The van der Waals surface area contributed by atoms with E-state index in [0.717, 1.165) is 15.6 Å². The minimum absolute atomic E-state index is 0.00950. The molecule has 5 nitrogen and oxygen atoms in total. The normalized spacial score (nSPS) is 15.1. The van der Waals surface area contributed by atoms with Crippen LogP contribution in [0.1, 0.15) is 24.0 Å². The maximum Gasteiger partial charge on any atom is 0.303 e. The molecule has 1 fully saturated rings. The Bertz CT molecular complexity index is 1010. The van der Waals surface area contributed by atoms with Crippen LogP contribution in [0.4, 0.5) is 0 Å². The SMILES string of the molecule is O=C(O)CCCN1C(=O)/C(=C\c2cc(Br)ccc2OCc2ccc(Cl)cc2)SC1=S. The smallest absolute Gasteiger partial charge is 0.303 e. The van der Waals surface area contributed by atoms with Crippen molar-refractivity contribution in [3.8, 4) is 5.75 Å². The molecule has 0 bridgehead atoms. The molecule has 0 aromatic heterocycles. The number of carboxylic acid groups (broad SMARTS) is 1. The summed E-state index contributed by atoms with van der Waals surface area (Å²) in [7, 11) is 0. The maximum absolute atomic E-state index is 12.7. The van der Waals surface area contributed by atoms with Crippen molar-refractivity contribution in [2.24, 2.45) is 0 Å². The first-order valence-corrected chi connectivity index (χ1v) is 11.4. The molecule has 1 N–H and O–H groups in total. The summed E-state index contributed by atoms with van der Waals surface area (Å²) in [5, 5.41) is 9.45. The molecule has 0 atom stereocenters. The summed E-state index contributed by atoms with van der Waals surface area (Å²) in [4.78, 5) is 25.4. The van der Waals surface area contributed by atoms with Gasteiger partial charge in [-0.1, -0.05) is 63.6 Å². The van der Waals surface area contributed by atoms with E-state index in [0.29, 0.717) is 33.0 Å². The van der Waals surface area contributed by atoms with Crippen LogP contribution < -0.4 is 4.74 Å². The maximum atomic E-state index is 12.7. The van der Waals surface area contributed by atoms with Gasteiger partial charge in [-0.3, -0.25) is 14.5 Å². The predicted octanol–water partition coefficient (Wildman–Crippen LogP) is 5.75. The van der Waals surface area contributed by atoms with Crippen molar-refractivity contribution in [1.82, 2.24) is 4.90 Å². The van der Waals surface area contributed by atoms with Gasteiger partial charge in [-0.2, -0.15) is 0 Å². The number of halogens is 2. The number of aliphatic carboxylic acids is 1. The van der Waals surface area contributed by atoms with Crippen LogP contribution in [0.15, 0.2) is 51.8 Å². The van der Waals surface area contributed by atoms with Crippen LogP contribution in [-0.2, 0) is 16.2 Å². The zero-order valence-electron chi connectivity index (χ0n) is 15.6. The summed E-state index contributed by atoms with van der Waals surface area (Å²) in [6, 6.07) is 13.0. The first-order valence-electron chi connectivity index (χ1n) is 8.97. The van der Waals surface area contributed by atoms with Crippen LogP contribution in [0.25, 0.3) is 6.08 Å².